The number of nitrogens with zero attached hydrogens (tertiary/aromatic N) is 5. The van der Waals surface area contributed by atoms with Gasteiger partial charge in [-0.15, -0.1) is 0 Å². The zero-order chi connectivity index (χ0) is 24.5. The molecule has 2 fully saturated rings. The molecule has 0 bridgehead atoms. The normalized spacial score (nSPS) is 22.8. The number of likely N-dealkylation sites (N-methyl/N-ethyl adjacent to an activating group) is 1. The fourth-order valence-corrected chi connectivity index (χ4v) is 5.23. The van der Waals surface area contributed by atoms with Crippen LogP contribution in [0.3, 0.4) is 0 Å². The van der Waals surface area contributed by atoms with Crippen molar-refractivity contribution in [3.63, 3.8) is 0 Å². The quantitative estimate of drug-likeness (QED) is 0.720. The standard InChI is InChI=1S/C27H34N6O2/c1-19-9-10-20(2)22(17-19)18-31-13-15-32(16-14-31)26-28-24-23(25(34)29-27(35)30(24)3)33(26)12-11-21-7-5-4-6-8-21/h4-10,17,23-24H,11-16,18H2,1-3H3,(H,29,34,35). The van der Waals surface area contributed by atoms with Gasteiger partial charge in [-0.1, -0.05) is 54.1 Å². The molecule has 8 nitrogen and oxygen atoms in total. The van der Waals surface area contributed by atoms with E-state index in [2.05, 4.69) is 64.2 Å². The van der Waals surface area contributed by atoms with Crippen molar-refractivity contribution < 1.29 is 9.59 Å². The van der Waals surface area contributed by atoms with Gasteiger partial charge in [-0.3, -0.25) is 15.0 Å². The summed E-state index contributed by atoms with van der Waals surface area (Å²) in [6.07, 6.45) is 0.315. The zero-order valence-corrected chi connectivity index (χ0v) is 20.8. The molecule has 1 N–H and O–H groups in total. The van der Waals surface area contributed by atoms with Crippen LogP contribution in [0.1, 0.15) is 22.3 Å². The average molecular weight is 475 g/mol. The van der Waals surface area contributed by atoms with Crippen molar-refractivity contribution in [3.05, 3.63) is 70.8 Å². The second kappa shape index (κ2) is 9.70. The van der Waals surface area contributed by atoms with E-state index in [-0.39, 0.29) is 11.9 Å². The molecule has 3 heterocycles. The first kappa shape index (κ1) is 23.4. The first-order chi connectivity index (χ1) is 16.9. The number of hydrogen-bond acceptors (Lipinski definition) is 6. The van der Waals surface area contributed by atoms with E-state index >= 15 is 0 Å². The summed E-state index contributed by atoms with van der Waals surface area (Å²) in [6.45, 7) is 9.45. The Hall–Kier alpha value is -3.39. The van der Waals surface area contributed by atoms with Crippen LogP contribution in [0.15, 0.2) is 53.5 Å². The number of hydrogen-bond donors (Lipinski definition) is 1. The van der Waals surface area contributed by atoms with E-state index in [1.165, 1.54) is 22.3 Å². The lowest BCUT2D eigenvalue weighted by molar-refractivity contribution is -0.127. The summed E-state index contributed by atoms with van der Waals surface area (Å²) < 4.78 is 0. The molecule has 2 aromatic carbocycles. The summed E-state index contributed by atoms with van der Waals surface area (Å²) in [5.74, 6) is 0.567. The zero-order valence-electron chi connectivity index (χ0n) is 20.8. The fourth-order valence-electron chi connectivity index (χ4n) is 5.23. The van der Waals surface area contributed by atoms with Crippen molar-refractivity contribution in [1.29, 1.82) is 0 Å². The Balaban J connectivity index is 1.31. The van der Waals surface area contributed by atoms with Gasteiger partial charge < -0.3 is 14.7 Å². The van der Waals surface area contributed by atoms with Crippen LogP contribution in [-0.2, 0) is 17.8 Å². The average Bonchev–Trinajstić information content (AvgIpc) is 3.25. The number of benzene rings is 2. The summed E-state index contributed by atoms with van der Waals surface area (Å²) in [5.41, 5.74) is 5.21. The Labute approximate surface area is 207 Å². The number of carbonyl (C=O) groups is 2. The van der Waals surface area contributed by atoms with Crippen molar-refractivity contribution >= 4 is 17.9 Å². The SMILES string of the molecule is Cc1ccc(C)c(CN2CCN(C3=NC4C(C(=O)NC(=O)N4C)N3CCc3ccccc3)CC2)c1. The van der Waals surface area contributed by atoms with Gasteiger partial charge in [0.1, 0.15) is 0 Å². The minimum Gasteiger partial charge on any atom is -0.340 e. The van der Waals surface area contributed by atoms with Crippen LogP contribution in [0.2, 0.25) is 0 Å². The van der Waals surface area contributed by atoms with E-state index in [1.807, 2.05) is 18.2 Å². The van der Waals surface area contributed by atoms with Crippen LogP contribution >= 0.6 is 0 Å². The molecule has 8 heteroatoms. The second-order valence-electron chi connectivity index (χ2n) is 9.81. The number of aliphatic imine (C=N–C) groups is 1. The van der Waals surface area contributed by atoms with Crippen LogP contribution in [-0.4, -0.2) is 89.5 Å². The molecule has 0 saturated carbocycles. The molecule has 2 atom stereocenters. The number of aryl methyl sites for hydroxylation is 2. The lowest BCUT2D eigenvalue weighted by Crippen LogP contribution is -2.64. The van der Waals surface area contributed by atoms with Crippen LogP contribution < -0.4 is 5.32 Å². The molecule has 35 heavy (non-hydrogen) atoms. The molecule has 0 aliphatic carbocycles. The van der Waals surface area contributed by atoms with Gasteiger partial charge in [0.15, 0.2) is 18.2 Å². The third kappa shape index (κ3) is 4.75. The highest BCUT2D eigenvalue weighted by molar-refractivity contribution is 6.03. The van der Waals surface area contributed by atoms with Gasteiger partial charge in [-0.2, -0.15) is 0 Å². The van der Waals surface area contributed by atoms with Gasteiger partial charge >= 0.3 is 6.03 Å². The Morgan fingerprint density at radius 3 is 2.49 bits per heavy atom. The maximum Gasteiger partial charge on any atom is 0.325 e. The van der Waals surface area contributed by atoms with E-state index in [4.69, 9.17) is 4.99 Å². The van der Waals surface area contributed by atoms with Gasteiger partial charge in [-0.25, -0.2) is 9.79 Å². The van der Waals surface area contributed by atoms with Gasteiger partial charge in [0, 0.05) is 46.3 Å². The summed E-state index contributed by atoms with van der Waals surface area (Å²) in [4.78, 5) is 38.5. The smallest absolute Gasteiger partial charge is 0.325 e. The molecule has 184 valence electrons. The molecule has 2 aromatic rings. The highest BCUT2D eigenvalue weighted by Gasteiger charge is 2.49. The summed E-state index contributed by atoms with van der Waals surface area (Å²) >= 11 is 0. The number of nitrogens with one attached hydrogen (secondary N) is 1. The van der Waals surface area contributed by atoms with Crippen LogP contribution in [0, 0.1) is 13.8 Å². The molecular formula is C27H34N6O2. The van der Waals surface area contributed by atoms with Crippen molar-refractivity contribution in [2.24, 2.45) is 4.99 Å². The molecular weight excluding hydrogens is 440 g/mol. The third-order valence-electron chi connectivity index (χ3n) is 7.38. The largest absolute Gasteiger partial charge is 0.340 e. The lowest BCUT2D eigenvalue weighted by Gasteiger charge is -2.40. The minimum absolute atomic E-state index is 0.265. The number of guanidine groups is 1. The summed E-state index contributed by atoms with van der Waals surface area (Å²) in [5, 5.41) is 2.50. The van der Waals surface area contributed by atoms with Crippen molar-refractivity contribution in [2.75, 3.05) is 39.8 Å². The van der Waals surface area contributed by atoms with Crippen molar-refractivity contribution in [2.45, 2.75) is 39.0 Å². The summed E-state index contributed by atoms with van der Waals surface area (Å²) in [7, 11) is 1.71. The van der Waals surface area contributed by atoms with Crippen LogP contribution in [0.4, 0.5) is 4.79 Å². The first-order valence-corrected chi connectivity index (χ1v) is 12.4. The maximum absolute atomic E-state index is 12.9. The Morgan fingerprint density at radius 1 is 1.00 bits per heavy atom. The van der Waals surface area contributed by atoms with Crippen molar-refractivity contribution in [1.82, 2.24) is 24.9 Å². The first-order valence-electron chi connectivity index (χ1n) is 12.4. The maximum atomic E-state index is 12.9. The molecule has 0 spiro atoms. The Kier molecular flexibility index (Phi) is 6.47. The molecule has 0 aromatic heterocycles. The van der Waals surface area contributed by atoms with E-state index in [9.17, 15) is 9.59 Å². The predicted molar refractivity (Wildman–Crippen MR) is 136 cm³/mol. The highest BCUT2D eigenvalue weighted by Crippen LogP contribution is 2.26. The number of amides is 3. The minimum atomic E-state index is -0.496. The lowest BCUT2D eigenvalue weighted by atomic mass is 10.0. The molecule has 2 unspecified atom stereocenters. The number of rotatable bonds is 5. The van der Waals surface area contributed by atoms with Crippen LogP contribution in [0.25, 0.3) is 0 Å². The van der Waals surface area contributed by atoms with Gasteiger partial charge in [0.05, 0.1) is 0 Å². The van der Waals surface area contributed by atoms with Gasteiger partial charge in [0.2, 0.25) is 0 Å². The van der Waals surface area contributed by atoms with Gasteiger partial charge in [0.25, 0.3) is 5.91 Å². The Morgan fingerprint density at radius 2 is 1.74 bits per heavy atom. The van der Waals surface area contributed by atoms with E-state index < -0.39 is 12.2 Å². The molecule has 0 radical (unpaired) electrons. The van der Waals surface area contributed by atoms with E-state index in [0.29, 0.717) is 6.54 Å². The predicted octanol–water partition coefficient (Wildman–Crippen LogP) is 2.21. The number of carbonyl (C=O) groups excluding carboxylic acids is 2. The molecule has 3 aliphatic heterocycles. The number of fused-ring (bicyclic) bond motifs is 1. The second-order valence-corrected chi connectivity index (χ2v) is 9.81. The Bertz CT molecular complexity index is 1130. The monoisotopic (exact) mass is 474 g/mol. The highest BCUT2D eigenvalue weighted by atomic mass is 16.2. The van der Waals surface area contributed by atoms with Gasteiger partial charge in [-0.05, 0) is 37.0 Å². The van der Waals surface area contributed by atoms with Crippen molar-refractivity contribution in [3.8, 4) is 0 Å². The van der Waals surface area contributed by atoms with E-state index in [1.54, 1.807) is 11.9 Å². The van der Waals surface area contributed by atoms with E-state index in [0.717, 1.165) is 45.1 Å². The molecule has 5 rings (SSSR count). The molecule has 2 saturated heterocycles. The molecule has 3 aliphatic rings. The number of piperazine rings is 1. The molecule has 3 amide bonds. The topological polar surface area (TPSA) is 71.5 Å². The third-order valence-corrected chi connectivity index (χ3v) is 7.38. The number of imide groups is 1. The summed E-state index contributed by atoms with van der Waals surface area (Å²) in [6, 6.07) is 16.0. The fraction of sp³-hybridized carbons (Fsp3) is 0.444. The van der Waals surface area contributed by atoms with Crippen LogP contribution in [0.5, 0.6) is 0 Å². The number of urea groups is 1.